The lowest BCUT2D eigenvalue weighted by Gasteiger charge is -2.02. The van der Waals surface area contributed by atoms with Gasteiger partial charge in [0.2, 0.25) is 0 Å². The average molecular weight is 389 g/mol. The minimum absolute atomic E-state index is 0.0157. The van der Waals surface area contributed by atoms with E-state index in [2.05, 4.69) is 22.4 Å². The summed E-state index contributed by atoms with van der Waals surface area (Å²) < 4.78 is 5.65. The fraction of sp³-hybridized carbons (Fsp3) is 0.267. The highest BCUT2D eigenvalue weighted by Gasteiger charge is 2.36. The van der Waals surface area contributed by atoms with Crippen molar-refractivity contribution in [1.82, 2.24) is 5.43 Å². The predicted octanol–water partition coefficient (Wildman–Crippen LogP) is 3.52. The molecule has 0 spiro atoms. The molecular weight excluding hydrogens is 375 g/mol. The fourth-order valence-electron chi connectivity index (χ4n) is 2.29. The van der Waals surface area contributed by atoms with Crippen LogP contribution in [0.1, 0.15) is 41.3 Å². The summed E-state index contributed by atoms with van der Waals surface area (Å²) >= 11 is 17.7. The largest absolute Gasteiger partial charge is 0.460 e. The number of carbonyl (C=O) groups is 1. The van der Waals surface area contributed by atoms with E-state index in [9.17, 15) is 4.79 Å². The van der Waals surface area contributed by atoms with Gasteiger partial charge in [-0.1, -0.05) is 30.1 Å². The first-order chi connectivity index (χ1) is 11.4. The van der Waals surface area contributed by atoms with Crippen molar-refractivity contribution >= 4 is 52.6 Å². The Morgan fingerprint density at radius 3 is 2.79 bits per heavy atom. The van der Waals surface area contributed by atoms with Crippen LogP contribution in [0.2, 0.25) is 15.2 Å². The van der Waals surface area contributed by atoms with Gasteiger partial charge in [-0.05, 0) is 36.1 Å². The molecule has 1 aliphatic carbocycles. The van der Waals surface area contributed by atoms with E-state index in [0.717, 1.165) is 12.2 Å². The Morgan fingerprint density at radius 1 is 1.42 bits per heavy atom. The van der Waals surface area contributed by atoms with Gasteiger partial charge in [0.1, 0.15) is 21.6 Å². The molecule has 0 unspecified atom stereocenters. The van der Waals surface area contributed by atoms with Gasteiger partial charge in [0.15, 0.2) is 0 Å². The van der Waals surface area contributed by atoms with Crippen LogP contribution in [0.4, 0.5) is 5.69 Å². The number of H-pyrrole nitrogens is 1. The molecule has 0 aliphatic heterocycles. The molecule has 1 fully saturated rings. The Morgan fingerprint density at radius 2 is 2.12 bits per heavy atom. The topological polar surface area (TPSA) is 94.8 Å². The minimum Gasteiger partial charge on any atom is -0.460 e. The standard InChI is InChI=1S/C15H13Cl3N4O2/c1-6-4-8(6)9-3-2-7(24-9)5-20-22-15(23)13-10(16)12(19)11(17)14(18)21-13/h2-3,5-6,8H,4H2,1H3,(H2,19,21)(H,22,23)/p+1/b20-5+/t6-,8+/m0/s1. The van der Waals surface area contributed by atoms with Gasteiger partial charge in [-0.25, -0.2) is 5.43 Å². The molecule has 0 bridgehead atoms. The van der Waals surface area contributed by atoms with Gasteiger partial charge in [-0.3, -0.25) is 4.79 Å². The highest BCUT2D eigenvalue weighted by molar-refractivity contribution is 6.45. The van der Waals surface area contributed by atoms with E-state index in [1.54, 1.807) is 6.07 Å². The second-order valence-corrected chi connectivity index (χ2v) is 6.75. The number of aromatic amines is 1. The van der Waals surface area contributed by atoms with Gasteiger partial charge in [0, 0.05) is 5.92 Å². The Bertz CT molecular complexity index is 834. The molecule has 24 heavy (non-hydrogen) atoms. The predicted molar refractivity (Wildman–Crippen MR) is 92.7 cm³/mol. The summed E-state index contributed by atoms with van der Waals surface area (Å²) in [6.45, 7) is 2.17. The van der Waals surface area contributed by atoms with E-state index < -0.39 is 5.91 Å². The van der Waals surface area contributed by atoms with Crippen molar-refractivity contribution in [1.29, 1.82) is 0 Å². The maximum Gasteiger partial charge on any atom is 0.337 e. The number of nitrogen functional groups attached to an aromatic ring is 1. The maximum absolute atomic E-state index is 12.1. The number of hydrazone groups is 1. The van der Waals surface area contributed by atoms with Crippen LogP contribution in [0, 0.1) is 5.92 Å². The summed E-state index contributed by atoms with van der Waals surface area (Å²) in [5.41, 5.74) is 7.99. The Kier molecular flexibility index (Phi) is 4.71. The molecule has 4 N–H and O–H groups in total. The number of carbonyl (C=O) groups excluding carboxylic acids is 1. The molecule has 0 saturated heterocycles. The molecule has 126 valence electrons. The Labute approximate surface area is 153 Å². The third-order valence-electron chi connectivity index (χ3n) is 3.83. The molecule has 1 aliphatic rings. The van der Waals surface area contributed by atoms with Crippen LogP contribution in [-0.4, -0.2) is 12.1 Å². The van der Waals surface area contributed by atoms with Gasteiger partial charge in [-0.15, -0.1) is 0 Å². The van der Waals surface area contributed by atoms with E-state index in [1.165, 1.54) is 6.21 Å². The molecular formula is C15H14Cl3N4O2+. The summed E-state index contributed by atoms with van der Waals surface area (Å²) in [4.78, 5) is 14.7. The van der Waals surface area contributed by atoms with Crippen LogP contribution in [-0.2, 0) is 0 Å². The Hall–Kier alpha value is -1.76. The van der Waals surface area contributed by atoms with E-state index >= 15 is 0 Å². The zero-order valence-electron chi connectivity index (χ0n) is 12.6. The van der Waals surface area contributed by atoms with Crippen molar-refractivity contribution in [2.45, 2.75) is 19.3 Å². The number of hydrogen-bond donors (Lipinski definition) is 2. The van der Waals surface area contributed by atoms with Gasteiger partial charge < -0.3 is 10.2 Å². The number of anilines is 1. The number of pyridine rings is 1. The van der Waals surface area contributed by atoms with E-state index in [-0.39, 0.29) is 26.6 Å². The maximum atomic E-state index is 12.1. The summed E-state index contributed by atoms with van der Waals surface area (Å²) in [7, 11) is 0. The van der Waals surface area contributed by atoms with Gasteiger partial charge in [0.05, 0.1) is 11.9 Å². The third-order valence-corrected chi connectivity index (χ3v) is 4.99. The molecule has 9 heteroatoms. The van der Waals surface area contributed by atoms with Crippen LogP contribution in [0.5, 0.6) is 0 Å². The molecule has 1 saturated carbocycles. The number of nitrogens with zero attached hydrogens (tertiary/aromatic N) is 1. The molecule has 0 radical (unpaired) electrons. The first kappa shape index (κ1) is 17.1. The number of amides is 1. The highest BCUT2D eigenvalue weighted by atomic mass is 35.5. The summed E-state index contributed by atoms with van der Waals surface area (Å²) in [5.74, 6) is 2.01. The van der Waals surface area contributed by atoms with E-state index in [0.29, 0.717) is 17.6 Å². The van der Waals surface area contributed by atoms with Crippen molar-refractivity contribution in [3.8, 4) is 0 Å². The van der Waals surface area contributed by atoms with Crippen LogP contribution < -0.4 is 16.1 Å². The number of furan rings is 1. The highest BCUT2D eigenvalue weighted by Crippen LogP contribution is 2.47. The van der Waals surface area contributed by atoms with Crippen molar-refractivity contribution in [2.75, 3.05) is 5.73 Å². The van der Waals surface area contributed by atoms with Crippen LogP contribution in [0.15, 0.2) is 21.7 Å². The Balaban J connectivity index is 1.68. The first-order valence-electron chi connectivity index (χ1n) is 7.17. The first-order valence-corrected chi connectivity index (χ1v) is 8.30. The number of hydrogen-bond acceptors (Lipinski definition) is 4. The SMILES string of the molecule is C[C@H]1C[C@H]1c1ccc(/C=N/NC(=O)c2[nH+]c(Cl)c(Cl)c(N)c2Cl)o1. The summed E-state index contributed by atoms with van der Waals surface area (Å²) in [5, 5.41) is 3.88. The third kappa shape index (κ3) is 3.36. The van der Waals surface area contributed by atoms with Crippen LogP contribution in [0.3, 0.4) is 0 Å². The van der Waals surface area contributed by atoms with Gasteiger partial charge in [-0.2, -0.15) is 10.1 Å². The molecule has 1 amide bonds. The number of nitrogens with one attached hydrogen (secondary N) is 2. The molecule has 6 nitrogen and oxygen atoms in total. The second-order valence-electron chi connectivity index (χ2n) is 5.61. The monoisotopic (exact) mass is 387 g/mol. The zero-order chi connectivity index (χ0) is 17.4. The number of nitrogens with two attached hydrogens (primary N) is 1. The quantitative estimate of drug-likeness (QED) is 0.476. The molecule has 2 atom stereocenters. The van der Waals surface area contributed by atoms with Crippen LogP contribution in [0.25, 0.3) is 0 Å². The number of rotatable bonds is 4. The van der Waals surface area contributed by atoms with E-state index in [1.807, 2.05) is 6.07 Å². The van der Waals surface area contributed by atoms with Crippen molar-refractivity contribution in [3.63, 3.8) is 0 Å². The second kappa shape index (κ2) is 6.63. The lowest BCUT2D eigenvalue weighted by molar-refractivity contribution is -0.379. The molecule has 3 rings (SSSR count). The molecule has 2 aromatic heterocycles. The molecule has 0 aromatic carbocycles. The zero-order valence-corrected chi connectivity index (χ0v) is 14.8. The van der Waals surface area contributed by atoms with Crippen molar-refractivity contribution in [3.05, 3.63) is 44.5 Å². The smallest absolute Gasteiger partial charge is 0.337 e. The number of halogens is 3. The van der Waals surface area contributed by atoms with Gasteiger partial charge in [0.25, 0.3) is 10.8 Å². The lowest BCUT2D eigenvalue weighted by atomic mass is 10.3. The van der Waals surface area contributed by atoms with Crippen LogP contribution >= 0.6 is 34.8 Å². The van der Waals surface area contributed by atoms with Gasteiger partial charge >= 0.3 is 5.91 Å². The van der Waals surface area contributed by atoms with Crippen molar-refractivity contribution in [2.24, 2.45) is 11.0 Å². The lowest BCUT2D eigenvalue weighted by Crippen LogP contribution is -2.28. The molecule has 2 heterocycles. The molecule has 2 aromatic rings. The summed E-state index contributed by atoms with van der Waals surface area (Å²) in [6, 6.07) is 3.72. The van der Waals surface area contributed by atoms with Crippen molar-refractivity contribution < 1.29 is 14.2 Å². The number of aromatic nitrogens is 1. The normalized spacial score (nSPS) is 19.7. The summed E-state index contributed by atoms with van der Waals surface area (Å²) in [6.07, 6.45) is 2.54. The minimum atomic E-state index is -0.607. The average Bonchev–Trinajstić information content (AvgIpc) is 3.09. The fourth-order valence-corrected chi connectivity index (χ4v) is 2.91. The van der Waals surface area contributed by atoms with E-state index in [4.69, 9.17) is 45.0 Å².